The molecule has 14 rings (SSSR count). The third kappa shape index (κ3) is 3.80. The predicted octanol–water partition coefficient (Wildman–Crippen LogP) is 15.5. The van der Waals surface area contributed by atoms with Gasteiger partial charge in [0.2, 0.25) is 0 Å². The monoisotopic (exact) mass is 744 g/mol. The van der Waals surface area contributed by atoms with Gasteiger partial charge in [-0.3, -0.25) is 0 Å². The quantitative estimate of drug-likeness (QED) is 0.159. The normalized spacial score (nSPS) is 12.6. The van der Waals surface area contributed by atoms with Gasteiger partial charge in [0, 0.05) is 73.3 Å². The van der Waals surface area contributed by atoms with E-state index >= 15 is 0 Å². The lowest BCUT2D eigenvalue weighted by Crippen LogP contribution is -1.92. The van der Waals surface area contributed by atoms with Crippen LogP contribution < -0.4 is 0 Å². The number of hydrogen-bond acceptors (Lipinski definition) is 2. The average Bonchev–Trinajstić information content (AvgIpc) is 3.99. The van der Waals surface area contributed by atoms with E-state index in [2.05, 4.69) is 179 Å². The van der Waals surface area contributed by atoms with Crippen molar-refractivity contribution in [3.8, 4) is 22.5 Å². The second-order valence-corrected chi connectivity index (χ2v) is 17.5. The van der Waals surface area contributed by atoms with Crippen molar-refractivity contribution >= 4 is 128 Å². The van der Waals surface area contributed by atoms with E-state index in [1.54, 1.807) is 0 Å². The van der Waals surface area contributed by atoms with E-state index in [4.69, 9.17) is 0 Å². The van der Waals surface area contributed by atoms with Gasteiger partial charge >= 0.3 is 0 Å². The Kier molecular flexibility index (Phi) is 5.56. The van der Waals surface area contributed by atoms with E-state index in [9.17, 15) is 0 Å². The molecule has 0 aliphatic heterocycles. The van der Waals surface area contributed by atoms with Crippen molar-refractivity contribution in [2.24, 2.45) is 0 Å². The van der Waals surface area contributed by atoms with Gasteiger partial charge in [0.25, 0.3) is 0 Å². The molecule has 56 heavy (non-hydrogen) atoms. The first kappa shape index (κ1) is 29.6. The first-order valence-electron chi connectivity index (χ1n) is 19.2. The van der Waals surface area contributed by atoms with Crippen LogP contribution in [-0.4, -0.2) is 9.13 Å². The van der Waals surface area contributed by atoms with Gasteiger partial charge in [-0.2, -0.15) is 0 Å². The standard InChI is InChI=1S/C52H28N2S2/c1-5-29-13-14-30-6-2-10-42-50(30)49(29)41(9-1)53(42)35-19-23-39-37-21-17-33(25-45(37)55-47(39)27-35)34-18-22-38-40-24-20-36(28-48(40)56-46(38)26-34)54-43-11-3-7-31-15-16-32-8-4-12-44(54)52(32)51(31)43/h1-28H. The molecule has 0 aliphatic rings. The summed E-state index contributed by atoms with van der Waals surface area (Å²) in [6.07, 6.45) is 0. The lowest BCUT2D eigenvalue weighted by molar-refractivity contribution is 1.19. The molecule has 4 heteroatoms. The van der Waals surface area contributed by atoms with Crippen LogP contribution in [0.1, 0.15) is 0 Å². The average molecular weight is 745 g/mol. The molecule has 258 valence electrons. The molecule has 0 N–H and O–H groups in total. The van der Waals surface area contributed by atoms with Crippen molar-refractivity contribution in [1.29, 1.82) is 0 Å². The summed E-state index contributed by atoms with van der Waals surface area (Å²) in [6, 6.07) is 63.8. The number of fused-ring (bicyclic) bond motifs is 6. The molecule has 0 spiro atoms. The van der Waals surface area contributed by atoms with E-state index in [0.29, 0.717) is 0 Å². The maximum absolute atomic E-state index is 2.45. The van der Waals surface area contributed by atoms with Crippen LogP contribution in [0, 0.1) is 0 Å². The van der Waals surface area contributed by atoms with Crippen LogP contribution in [0.15, 0.2) is 170 Å². The molecule has 0 saturated carbocycles. The van der Waals surface area contributed by atoms with Crippen molar-refractivity contribution in [2.75, 3.05) is 0 Å². The van der Waals surface area contributed by atoms with Crippen LogP contribution in [-0.2, 0) is 0 Å². The SMILES string of the molecule is c1cc2ccc3cccc4c3c2c(c1)n4-c1ccc2c(c1)sc1cc(-c3ccc4c(c3)sc3cc(-n5c6cccc7ccc8cccc5c8c76)ccc34)ccc12. The van der Waals surface area contributed by atoms with Crippen molar-refractivity contribution in [3.63, 3.8) is 0 Å². The van der Waals surface area contributed by atoms with E-state index in [-0.39, 0.29) is 0 Å². The molecule has 0 unspecified atom stereocenters. The van der Waals surface area contributed by atoms with Crippen LogP contribution in [0.25, 0.3) is 128 Å². The molecule has 0 saturated heterocycles. The van der Waals surface area contributed by atoms with Crippen LogP contribution in [0.5, 0.6) is 0 Å². The molecule has 0 amide bonds. The highest BCUT2D eigenvalue weighted by atomic mass is 32.1. The van der Waals surface area contributed by atoms with E-state index in [0.717, 1.165) is 0 Å². The lowest BCUT2D eigenvalue weighted by Gasteiger charge is -2.08. The van der Waals surface area contributed by atoms with E-state index in [1.807, 2.05) is 22.7 Å². The fourth-order valence-electron chi connectivity index (χ4n) is 9.96. The molecule has 0 atom stereocenters. The summed E-state index contributed by atoms with van der Waals surface area (Å²) in [5.41, 5.74) is 10.00. The maximum atomic E-state index is 2.45. The van der Waals surface area contributed by atoms with Crippen LogP contribution in [0.2, 0.25) is 0 Å². The molecule has 0 radical (unpaired) electrons. The molecule has 10 aromatic carbocycles. The second kappa shape index (κ2) is 10.5. The van der Waals surface area contributed by atoms with Gasteiger partial charge in [0.05, 0.1) is 22.1 Å². The van der Waals surface area contributed by atoms with Crippen molar-refractivity contribution in [1.82, 2.24) is 9.13 Å². The Bertz CT molecular complexity index is 3550. The maximum Gasteiger partial charge on any atom is 0.0547 e. The first-order valence-corrected chi connectivity index (χ1v) is 20.8. The Morgan fingerprint density at radius 2 is 0.607 bits per heavy atom. The molecule has 2 nitrogen and oxygen atoms in total. The summed E-state index contributed by atoms with van der Waals surface area (Å²) < 4.78 is 10.2. The molecule has 0 bridgehead atoms. The molecule has 4 heterocycles. The Hall–Kier alpha value is -6.72. The van der Waals surface area contributed by atoms with Crippen molar-refractivity contribution in [2.45, 2.75) is 0 Å². The van der Waals surface area contributed by atoms with Crippen LogP contribution in [0.4, 0.5) is 0 Å². The van der Waals surface area contributed by atoms with Crippen LogP contribution >= 0.6 is 22.7 Å². The first-order chi connectivity index (χ1) is 27.7. The highest BCUT2D eigenvalue weighted by Gasteiger charge is 2.19. The zero-order valence-electron chi connectivity index (χ0n) is 29.9. The Labute approximate surface area is 327 Å². The van der Waals surface area contributed by atoms with Crippen molar-refractivity contribution < 1.29 is 0 Å². The number of rotatable bonds is 3. The summed E-state index contributed by atoms with van der Waals surface area (Å²) >= 11 is 3.79. The smallest absolute Gasteiger partial charge is 0.0547 e. The zero-order chi connectivity index (χ0) is 36.2. The number of hydrogen-bond donors (Lipinski definition) is 0. The van der Waals surface area contributed by atoms with E-state index < -0.39 is 0 Å². The summed E-state index contributed by atoms with van der Waals surface area (Å²) in [5, 5.41) is 15.9. The Morgan fingerprint density at radius 1 is 0.286 bits per heavy atom. The van der Waals surface area contributed by atoms with Gasteiger partial charge in [-0.05, 0) is 93.3 Å². The predicted molar refractivity (Wildman–Crippen MR) is 244 cm³/mol. The minimum Gasteiger partial charge on any atom is -0.309 e. The van der Waals surface area contributed by atoms with E-state index in [1.165, 1.54) is 128 Å². The molecular formula is C52H28N2S2. The van der Waals surface area contributed by atoms with Gasteiger partial charge in [-0.25, -0.2) is 0 Å². The second-order valence-electron chi connectivity index (χ2n) is 15.3. The largest absolute Gasteiger partial charge is 0.309 e. The minimum atomic E-state index is 1.21. The minimum absolute atomic E-state index is 1.21. The van der Waals surface area contributed by atoms with Crippen molar-refractivity contribution in [3.05, 3.63) is 170 Å². The zero-order valence-corrected chi connectivity index (χ0v) is 31.5. The summed E-state index contributed by atoms with van der Waals surface area (Å²) in [6.45, 7) is 0. The Balaban J connectivity index is 0.874. The van der Waals surface area contributed by atoms with Gasteiger partial charge in [0.1, 0.15) is 0 Å². The highest BCUT2D eigenvalue weighted by molar-refractivity contribution is 7.26. The number of nitrogens with zero attached hydrogens (tertiary/aromatic N) is 2. The van der Waals surface area contributed by atoms with Gasteiger partial charge in [-0.1, -0.05) is 109 Å². The summed E-state index contributed by atoms with van der Waals surface area (Å²) in [5.74, 6) is 0. The fraction of sp³-hybridized carbons (Fsp3) is 0. The van der Waals surface area contributed by atoms with Gasteiger partial charge in [-0.15, -0.1) is 22.7 Å². The Morgan fingerprint density at radius 3 is 0.964 bits per heavy atom. The topological polar surface area (TPSA) is 9.86 Å². The van der Waals surface area contributed by atoms with Crippen LogP contribution in [0.3, 0.4) is 0 Å². The van der Waals surface area contributed by atoms with Gasteiger partial charge in [0.15, 0.2) is 0 Å². The lowest BCUT2D eigenvalue weighted by atomic mass is 10.0. The number of aromatic nitrogens is 2. The molecular weight excluding hydrogens is 717 g/mol. The molecule has 14 aromatic rings. The summed E-state index contributed by atoms with van der Waals surface area (Å²) in [4.78, 5) is 0. The third-order valence-electron chi connectivity index (χ3n) is 12.4. The fourth-order valence-corrected chi connectivity index (χ4v) is 12.3. The molecule has 0 fully saturated rings. The summed E-state index contributed by atoms with van der Waals surface area (Å²) in [7, 11) is 0. The number of thiophene rings is 2. The molecule has 0 aliphatic carbocycles. The number of benzene rings is 10. The third-order valence-corrected chi connectivity index (χ3v) is 14.6. The molecule has 4 aromatic heterocycles. The van der Waals surface area contributed by atoms with Gasteiger partial charge < -0.3 is 9.13 Å². The highest BCUT2D eigenvalue weighted by Crippen LogP contribution is 2.44.